The highest BCUT2D eigenvalue weighted by atomic mass is 16.6. The Morgan fingerprint density at radius 1 is 1.11 bits per heavy atom. The molecule has 2 heterocycles. The maximum absolute atomic E-state index is 13.6. The van der Waals surface area contributed by atoms with Gasteiger partial charge >= 0.3 is 12.1 Å². The van der Waals surface area contributed by atoms with Crippen LogP contribution in [0.1, 0.15) is 43.2 Å². The van der Waals surface area contributed by atoms with Gasteiger partial charge in [0.25, 0.3) is 5.91 Å². The van der Waals surface area contributed by atoms with Crippen LogP contribution in [0.25, 0.3) is 11.1 Å². The molecule has 2 aromatic rings. The number of amides is 2. The lowest BCUT2D eigenvalue weighted by molar-refractivity contribution is -0.145. The number of rotatable bonds is 6. The average Bonchev–Trinajstić information content (AvgIpc) is 3.58. The topological polar surface area (TPSA) is 105 Å². The summed E-state index contributed by atoms with van der Waals surface area (Å²) in [5.41, 5.74) is 3.25. The largest absolute Gasteiger partial charge is 0.481 e. The molecule has 8 heteroatoms. The van der Waals surface area contributed by atoms with Crippen LogP contribution in [0.15, 0.2) is 48.5 Å². The van der Waals surface area contributed by atoms with Crippen molar-refractivity contribution in [3.63, 3.8) is 0 Å². The molecule has 2 fully saturated rings. The van der Waals surface area contributed by atoms with Gasteiger partial charge in [-0.05, 0) is 35.1 Å². The monoisotopic (exact) mass is 478 g/mol. The summed E-state index contributed by atoms with van der Waals surface area (Å²) in [5, 5.41) is 12.4. The molecule has 3 atom stereocenters. The minimum atomic E-state index is -1.25. The van der Waals surface area contributed by atoms with Gasteiger partial charge in [-0.3, -0.25) is 9.59 Å². The van der Waals surface area contributed by atoms with Crippen molar-refractivity contribution in [1.29, 1.82) is 0 Å². The van der Waals surface area contributed by atoms with Crippen molar-refractivity contribution >= 4 is 18.0 Å². The van der Waals surface area contributed by atoms with E-state index < -0.39 is 29.6 Å². The highest BCUT2D eigenvalue weighted by molar-refractivity contribution is 5.91. The van der Waals surface area contributed by atoms with Crippen molar-refractivity contribution in [2.45, 2.75) is 43.7 Å². The summed E-state index contributed by atoms with van der Waals surface area (Å²) in [6.45, 7) is 2.75. The van der Waals surface area contributed by atoms with Gasteiger partial charge in [-0.2, -0.15) is 0 Å². The third-order valence-electron chi connectivity index (χ3n) is 7.66. The highest BCUT2D eigenvalue weighted by Gasteiger charge is 2.51. The maximum atomic E-state index is 13.6. The van der Waals surface area contributed by atoms with E-state index in [0.717, 1.165) is 22.3 Å². The number of aliphatic carboxylic acids is 1. The number of nitrogens with zero attached hydrogens (tertiary/aromatic N) is 1. The number of ether oxygens (including phenoxy) is 2. The van der Waals surface area contributed by atoms with E-state index in [2.05, 4.69) is 17.4 Å². The van der Waals surface area contributed by atoms with Gasteiger partial charge < -0.3 is 24.8 Å². The zero-order valence-electron chi connectivity index (χ0n) is 19.7. The molecule has 2 saturated heterocycles. The second-order valence-electron chi connectivity index (χ2n) is 9.54. The molecule has 0 aromatic heterocycles. The number of nitrogens with one attached hydrogen (secondary N) is 1. The van der Waals surface area contributed by atoms with Crippen LogP contribution in [-0.2, 0) is 19.1 Å². The van der Waals surface area contributed by atoms with E-state index in [4.69, 9.17) is 9.47 Å². The molecular weight excluding hydrogens is 448 g/mol. The van der Waals surface area contributed by atoms with Gasteiger partial charge in [0.05, 0.1) is 12.5 Å². The van der Waals surface area contributed by atoms with Gasteiger partial charge in [0.15, 0.2) is 0 Å². The number of carbonyl (C=O) groups is 3. The third kappa shape index (κ3) is 4.05. The standard InChI is InChI=1S/C27H30N2O6/c1-2-23-21(24(30)31)11-13-29(23)25(32)27(12-14-34-16-27)28-26(33)35-15-22-19-9-5-3-7-17(19)18-8-4-6-10-20(18)22/h3-10,21-23H,2,11-16H2,1H3,(H,28,33)(H,30,31). The van der Waals surface area contributed by atoms with Gasteiger partial charge in [0.2, 0.25) is 0 Å². The molecule has 1 aliphatic carbocycles. The Balaban J connectivity index is 1.30. The first-order valence-corrected chi connectivity index (χ1v) is 12.2. The number of carboxylic acid groups (broad SMARTS) is 1. The molecule has 0 radical (unpaired) electrons. The zero-order chi connectivity index (χ0) is 24.6. The van der Waals surface area contributed by atoms with Gasteiger partial charge in [-0.25, -0.2) is 4.79 Å². The molecule has 2 amide bonds. The van der Waals surface area contributed by atoms with E-state index in [1.165, 1.54) is 0 Å². The van der Waals surface area contributed by atoms with E-state index in [0.29, 0.717) is 32.4 Å². The molecule has 35 heavy (non-hydrogen) atoms. The number of carbonyl (C=O) groups excluding carboxylic acids is 2. The predicted molar refractivity (Wildman–Crippen MR) is 128 cm³/mol. The Bertz CT molecular complexity index is 1100. The number of benzene rings is 2. The van der Waals surface area contributed by atoms with Gasteiger partial charge in [-0.15, -0.1) is 0 Å². The van der Waals surface area contributed by atoms with Gasteiger partial charge in [-0.1, -0.05) is 55.5 Å². The number of likely N-dealkylation sites (tertiary alicyclic amines) is 1. The van der Waals surface area contributed by atoms with Crippen LogP contribution in [0.5, 0.6) is 0 Å². The highest BCUT2D eigenvalue weighted by Crippen LogP contribution is 2.44. The lowest BCUT2D eigenvalue weighted by Crippen LogP contribution is -2.61. The fraction of sp³-hybridized carbons (Fsp3) is 0.444. The van der Waals surface area contributed by atoms with E-state index >= 15 is 0 Å². The SMILES string of the molecule is CCC1C(C(=O)O)CCN1C(=O)C1(NC(=O)OCC2c3ccccc3-c3ccccc32)CCOC1. The van der Waals surface area contributed by atoms with E-state index in [1.54, 1.807) is 4.90 Å². The first-order valence-electron chi connectivity index (χ1n) is 12.2. The van der Waals surface area contributed by atoms with E-state index in [9.17, 15) is 19.5 Å². The minimum absolute atomic E-state index is 0.0424. The molecule has 8 nitrogen and oxygen atoms in total. The second-order valence-corrected chi connectivity index (χ2v) is 9.54. The van der Waals surface area contributed by atoms with Crippen molar-refractivity contribution in [2.24, 2.45) is 5.92 Å². The first kappa shape index (κ1) is 23.4. The smallest absolute Gasteiger partial charge is 0.408 e. The Morgan fingerprint density at radius 3 is 2.34 bits per heavy atom. The van der Waals surface area contributed by atoms with Crippen LogP contribution >= 0.6 is 0 Å². The summed E-state index contributed by atoms with van der Waals surface area (Å²) < 4.78 is 11.2. The molecule has 184 valence electrons. The van der Waals surface area contributed by atoms with Crippen LogP contribution in [0, 0.1) is 5.92 Å². The molecule has 3 unspecified atom stereocenters. The summed E-state index contributed by atoms with van der Waals surface area (Å²) in [5.74, 6) is -1.87. The van der Waals surface area contributed by atoms with Crippen molar-refractivity contribution in [3.05, 3.63) is 59.7 Å². The van der Waals surface area contributed by atoms with Crippen molar-refractivity contribution in [2.75, 3.05) is 26.4 Å². The lowest BCUT2D eigenvalue weighted by atomic mass is 9.94. The van der Waals surface area contributed by atoms with Crippen LogP contribution < -0.4 is 5.32 Å². The summed E-state index contributed by atoms with van der Waals surface area (Å²) in [6, 6.07) is 15.8. The number of alkyl carbamates (subject to hydrolysis) is 1. The first-order chi connectivity index (χ1) is 16.9. The summed E-state index contributed by atoms with van der Waals surface area (Å²) in [7, 11) is 0. The second kappa shape index (κ2) is 9.34. The summed E-state index contributed by atoms with van der Waals surface area (Å²) >= 11 is 0. The maximum Gasteiger partial charge on any atom is 0.408 e. The number of hydrogen-bond donors (Lipinski definition) is 2. The van der Waals surface area contributed by atoms with Crippen molar-refractivity contribution in [3.8, 4) is 11.1 Å². The molecule has 2 aliphatic heterocycles. The molecule has 0 bridgehead atoms. The minimum Gasteiger partial charge on any atom is -0.481 e. The Morgan fingerprint density at radius 2 is 1.77 bits per heavy atom. The summed E-state index contributed by atoms with van der Waals surface area (Å²) in [4.78, 5) is 39.8. The fourth-order valence-electron chi connectivity index (χ4n) is 5.89. The van der Waals surface area contributed by atoms with Gasteiger partial charge in [0.1, 0.15) is 12.1 Å². The third-order valence-corrected chi connectivity index (χ3v) is 7.66. The number of carboxylic acids is 1. The Kier molecular flexibility index (Phi) is 6.23. The van der Waals surface area contributed by atoms with Crippen LogP contribution in [0.3, 0.4) is 0 Å². The van der Waals surface area contributed by atoms with Gasteiger partial charge in [0, 0.05) is 31.5 Å². The Hall–Kier alpha value is -3.39. The number of hydrogen-bond acceptors (Lipinski definition) is 5. The van der Waals surface area contributed by atoms with Crippen LogP contribution in [0.4, 0.5) is 4.79 Å². The molecular formula is C27H30N2O6. The molecule has 2 aromatic carbocycles. The van der Waals surface area contributed by atoms with Crippen molar-refractivity contribution in [1.82, 2.24) is 10.2 Å². The molecule has 0 spiro atoms. The summed E-state index contributed by atoms with van der Waals surface area (Å²) in [6.07, 6.45) is 0.583. The van der Waals surface area contributed by atoms with Crippen LogP contribution in [-0.4, -0.2) is 65.9 Å². The lowest BCUT2D eigenvalue weighted by Gasteiger charge is -2.35. The quantitative estimate of drug-likeness (QED) is 0.659. The van der Waals surface area contributed by atoms with Crippen LogP contribution in [0.2, 0.25) is 0 Å². The Labute approximate surface area is 204 Å². The van der Waals surface area contributed by atoms with Crippen molar-refractivity contribution < 1.29 is 29.0 Å². The molecule has 5 rings (SSSR count). The number of fused-ring (bicyclic) bond motifs is 3. The van der Waals surface area contributed by atoms with E-state index in [-0.39, 0.29) is 25.0 Å². The molecule has 0 saturated carbocycles. The van der Waals surface area contributed by atoms with E-state index in [1.807, 2.05) is 43.3 Å². The fourth-order valence-corrected chi connectivity index (χ4v) is 5.89. The zero-order valence-corrected chi connectivity index (χ0v) is 19.7. The predicted octanol–water partition coefficient (Wildman–Crippen LogP) is 3.40. The average molecular weight is 479 g/mol. The molecule has 3 aliphatic rings. The normalized spacial score (nSPS) is 25.2. The molecule has 2 N–H and O–H groups in total.